The molecule has 0 aliphatic carbocycles. The Morgan fingerprint density at radius 1 is 1.18 bits per heavy atom. The summed E-state index contributed by atoms with van der Waals surface area (Å²) in [5.41, 5.74) is 0. The summed E-state index contributed by atoms with van der Waals surface area (Å²) in [7, 11) is 0. The van der Waals surface area contributed by atoms with Crippen LogP contribution in [-0.2, 0) is 9.59 Å². The van der Waals surface area contributed by atoms with Gasteiger partial charge in [0.15, 0.2) is 0 Å². The summed E-state index contributed by atoms with van der Waals surface area (Å²) in [5, 5.41) is 16.4. The normalized spacial score (nSPS) is 9.45. The number of hydrogen-bond donors (Lipinski definition) is 2. The maximum Gasteiger partial charge on any atom is 0.303 e. The minimum Gasteiger partial charge on any atom is -0.481 e. The molecule has 63 valence electrons. The van der Waals surface area contributed by atoms with Crippen LogP contribution in [0.3, 0.4) is 0 Å². The van der Waals surface area contributed by atoms with Gasteiger partial charge < -0.3 is 10.2 Å². The van der Waals surface area contributed by atoms with E-state index >= 15 is 0 Å². The molecule has 0 aromatic heterocycles. The predicted molar refractivity (Wildman–Crippen MR) is 38.0 cm³/mol. The molecule has 0 saturated carbocycles. The summed E-state index contributed by atoms with van der Waals surface area (Å²) >= 11 is 0. The number of aliphatic carboxylic acids is 2. The van der Waals surface area contributed by atoms with Gasteiger partial charge in [-0.15, -0.1) is 0 Å². The number of unbranched alkanes of at least 4 members (excludes halogenated alkanes) is 2. The molecule has 0 rings (SSSR count). The molecule has 2 N–H and O–H groups in total. The first-order valence-corrected chi connectivity index (χ1v) is 3.38. The van der Waals surface area contributed by atoms with E-state index in [1.54, 1.807) is 6.42 Å². The van der Waals surface area contributed by atoms with Crippen molar-refractivity contribution in [3.05, 3.63) is 6.42 Å². The first-order chi connectivity index (χ1) is 5.13. The van der Waals surface area contributed by atoms with E-state index in [0.717, 1.165) is 0 Å². The lowest BCUT2D eigenvalue weighted by Gasteiger charge is -1.94. The zero-order valence-corrected chi connectivity index (χ0v) is 6.12. The van der Waals surface area contributed by atoms with Crippen molar-refractivity contribution in [3.8, 4) is 0 Å². The maximum absolute atomic E-state index is 9.97. The van der Waals surface area contributed by atoms with Crippen LogP contribution in [0.25, 0.3) is 0 Å². The average Bonchev–Trinajstić information content (AvgIpc) is 1.85. The van der Waals surface area contributed by atoms with E-state index in [0.29, 0.717) is 12.8 Å². The summed E-state index contributed by atoms with van der Waals surface area (Å²) in [4.78, 5) is 19.9. The molecule has 0 unspecified atom stereocenters. The van der Waals surface area contributed by atoms with Gasteiger partial charge in [-0.3, -0.25) is 9.59 Å². The van der Waals surface area contributed by atoms with Crippen molar-refractivity contribution in [2.24, 2.45) is 0 Å². The lowest BCUT2D eigenvalue weighted by atomic mass is 10.1. The average molecular weight is 159 g/mol. The molecular weight excluding hydrogens is 148 g/mol. The molecule has 0 fully saturated rings. The fourth-order valence-corrected chi connectivity index (χ4v) is 0.623. The molecule has 0 saturated heterocycles. The summed E-state index contributed by atoms with van der Waals surface area (Å²) in [5.74, 6) is -1.71. The Labute approximate surface area is 64.8 Å². The second kappa shape index (κ2) is 5.70. The minimum absolute atomic E-state index is 0.0135. The van der Waals surface area contributed by atoms with Gasteiger partial charge in [-0.2, -0.15) is 0 Å². The molecule has 11 heavy (non-hydrogen) atoms. The van der Waals surface area contributed by atoms with E-state index in [2.05, 4.69) is 0 Å². The number of carboxylic acid groups (broad SMARTS) is 2. The van der Waals surface area contributed by atoms with Gasteiger partial charge in [-0.1, -0.05) is 0 Å². The molecule has 0 aromatic carbocycles. The number of hydrogen-bond acceptors (Lipinski definition) is 2. The second-order valence-electron chi connectivity index (χ2n) is 2.17. The van der Waals surface area contributed by atoms with Crippen LogP contribution in [-0.4, -0.2) is 22.2 Å². The monoisotopic (exact) mass is 159 g/mol. The van der Waals surface area contributed by atoms with Crippen LogP contribution < -0.4 is 0 Å². The molecule has 0 bridgehead atoms. The third-order valence-electron chi connectivity index (χ3n) is 1.12. The van der Waals surface area contributed by atoms with Crippen molar-refractivity contribution in [3.63, 3.8) is 0 Å². The highest BCUT2D eigenvalue weighted by molar-refractivity contribution is 5.68. The number of rotatable bonds is 6. The van der Waals surface area contributed by atoms with Crippen LogP contribution in [0.5, 0.6) is 0 Å². The molecule has 0 atom stereocenters. The fraction of sp³-hybridized carbons (Fsp3) is 0.571. The zero-order valence-electron chi connectivity index (χ0n) is 6.12. The largest absolute Gasteiger partial charge is 0.481 e. The highest BCUT2D eigenvalue weighted by Crippen LogP contribution is 2.01. The minimum atomic E-state index is -0.875. The van der Waals surface area contributed by atoms with E-state index in [1.807, 2.05) is 0 Å². The molecule has 0 spiro atoms. The lowest BCUT2D eigenvalue weighted by Crippen LogP contribution is -1.97. The SMILES string of the molecule is O=C(O)C[CH]CCCC(=O)O. The molecule has 0 amide bonds. The molecule has 1 radical (unpaired) electrons. The smallest absolute Gasteiger partial charge is 0.303 e. The van der Waals surface area contributed by atoms with Crippen LogP contribution in [0.15, 0.2) is 0 Å². The third kappa shape index (κ3) is 8.94. The summed E-state index contributed by atoms with van der Waals surface area (Å²) < 4.78 is 0. The van der Waals surface area contributed by atoms with E-state index in [1.165, 1.54) is 0 Å². The third-order valence-corrected chi connectivity index (χ3v) is 1.12. The van der Waals surface area contributed by atoms with Crippen molar-refractivity contribution in [1.29, 1.82) is 0 Å². The van der Waals surface area contributed by atoms with Crippen molar-refractivity contribution < 1.29 is 19.8 Å². The van der Waals surface area contributed by atoms with E-state index in [9.17, 15) is 9.59 Å². The Morgan fingerprint density at radius 2 is 1.82 bits per heavy atom. The predicted octanol–water partition coefficient (Wildman–Crippen LogP) is 0.920. The molecular formula is C7H11O4. The summed E-state index contributed by atoms with van der Waals surface area (Å²) in [6.45, 7) is 0. The van der Waals surface area contributed by atoms with E-state index < -0.39 is 11.9 Å². The highest BCUT2D eigenvalue weighted by Gasteiger charge is 1.98. The van der Waals surface area contributed by atoms with Crippen LogP contribution in [0.1, 0.15) is 25.7 Å². The van der Waals surface area contributed by atoms with Gasteiger partial charge in [0.05, 0.1) is 0 Å². The first-order valence-electron chi connectivity index (χ1n) is 3.38. The molecule has 0 heterocycles. The molecule has 4 heteroatoms. The van der Waals surface area contributed by atoms with Gasteiger partial charge in [-0.05, 0) is 19.3 Å². The fourth-order valence-electron chi connectivity index (χ4n) is 0.623. The maximum atomic E-state index is 9.97. The first kappa shape index (κ1) is 9.94. The van der Waals surface area contributed by atoms with Gasteiger partial charge in [0.2, 0.25) is 0 Å². The van der Waals surface area contributed by atoms with E-state index in [-0.39, 0.29) is 12.8 Å². The van der Waals surface area contributed by atoms with Gasteiger partial charge in [0, 0.05) is 12.8 Å². The Balaban J connectivity index is 3.03. The Morgan fingerprint density at radius 3 is 2.27 bits per heavy atom. The van der Waals surface area contributed by atoms with Gasteiger partial charge in [0.1, 0.15) is 0 Å². The van der Waals surface area contributed by atoms with Crippen molar-refractivity contribution in [1.82, 2.24) is 0 Å². The highest BCUT2D eigenvalue weighted by atomic mass is 16.4. The van der Waals surface area contributed by atoms with Crippen LogP contribution in [0.2, 0.25) is 0 Å². The zero-order chi connectivity index (χ0) is 8.69. The topological polar surface area (TPSA) is 74.6 Å². The molecule has 0 aliphatic rings. The quantitative estimate of drug-likeness (QED) is 0.565. The molecule has 4 nitrogen and oxygen atoms in total. The van der Waals surface area contributed by atoms with Crippen molar-refractivity contribution in [2.75, 3.05) is 0 Å². The second-order valence-corrected chi connectivity index (χ2v) is 2.17. The van der Waals surface area contributed by atoms with Crippen molar-refractivity contribution >= 4 is 11.9 Å². The van der Waals surface area contributed by atoms with Crippen molar-refractivity contribution in [2.45, 2.75) is 25.7 Å². The summed E-state index contributed by atoms with van der Waals surface area (Å²) in [6.07, 6.45) is 2.77. The van der Waals surface area contributed by atoms with Crippen LogP contribution in [0.4, 0.5) is 0 Å². The Bertz CT molecular complexity index is 125. The molecule has 0 aliphatic heterocycles. The van der Waals surface area contributed by atoms with Crippen LogP contribution >= 0.6 is 0 Å². The Hall–Kier alpha value is -1.06. The summed E-state index contributed by atoms with van der Waals surface area (Å²) in [6, 6.07) is 0. The van der Waals surface area contributed by atoms with Crippen LogP contribution in [0, 0.1) is 6.42 Å². The van der Waals surface area contributed by atoms with Gasteiger partial charge in [0.25, 0.3) is 0 Å². The number of carbonyl (C=O) groups is 2. The lowest BCUT2D eigenvalue weighted by molar-refractivity contribution is -0.137. The van der Waals surface area contributed by atoms with Gasteiger partial charge >= 0.3 is 11.9 Å². The standard InChI is InChI=1S/C7H11O4/c8-6(9)4-2-1-3-5-7(10)11/h2H,1,3-5H2,(H,8,9)(H,10,11). The van der Waals surface area contributed by atoms with Gasteiger partial charge in [-0.25, -0.2) is 0 Å². The molecule has 0 aromatic rings. The Kier molecular flexibility index (Phi) is 5.15. The van der Waals surface area contributed by atoms with E-state index in [4.69, 9.17) is 10.2 Å². The number of carboxylic acids is 2.